The van der Waals surface area contributed by atoms with E-state index in [4.69, 9.17) is 20.8 Å². The van der Waals surface area contributed by atoms with Gasteiger partial charge in [0.15, 0.2) is 0 Å². The van der Waals surface area contributed by atoms with Gasteiger partial charge in [-0.1, -0.05) is 39.7 Å². The number of aryl methyl sites for hydroxylation is 1. The Balaban J connectivity index is 1.91. The van der Waals surface area contributed by atoms with Crippen LogP contribution in [-0.4, -0.2) is 0 Å². The second-order valence-corrected chi connectivity index (χ2v) is 6.22. The number of ether oxygens (including phenoxy) is 1. The van der Waals surface area contributed by atoms with Crippen LogP contribution in [0.15, 0.2) is 56.3 Å². The molecule has 0 saturated heterocycles. The molecule has 0 saturated carbocycles. The van der Waals surface area contributed by atoms with E-state index in [1.807, 2.05) is 31.2 Å². The Morgan fingerprint density at radius 3 is 2.64 bits per heavy atom. The van der Waals surface area contributed by atoms with Crippen LogP contribution in [0.2, 0.25) is 5.02 Å². The first-order valence-electron chi connectivity index (χ1n) is 6.64. The lowest BCUT2D eigenvalue weighted by molar-refractivity contribution is 0.304. The molecule has 0 unspecified atom stereocenters. The number of hydrogen-bond donors (Lipinski definition) is 0. The van der Waals surface area contributed by atoms with Gasteiger partial charge in [0.1, 0.15) is 29.2 Å². The van der Waals surface area contributed by atoms with Crippen molar-refractivity contribution in [1.29, 1.82) is 0 Å². The molecule has 3 aromatic rings. The number of halogens is 2. The van der Waals surface area contributed by atoms with Crippen LogP contribution in [0, 0.1) is 6.92 Å². The van der Waals surface area contributed by atoms with Crippen molar-refractivity contribution in [2.24, 2.45) is 0 Å². The zero-order chi connectivity index (χ0) is 15.7. The van der Waals surface area contributed by atoms with E-state index in [1.54, 1.807) is 12.1 Å². The Labute approximate surface area is 140 Å². The Morgan fingerprint density at radius 1 is 1.18 bits per heavy atom. The van der Waals surface area contributed by atoms with Gasteiger partial charge in [0.05, 0.1) is 5.39 Å². The van der Waals surface area contributed by atoms with Crippen molar-refractivity contribution < 1.29 is 9.15 Å². The Bertz CT molecular complexity index is 885. The summed E-state index contributed by atoms with van der Waals surface area (Å²) in [7, 11) is 0. The highest BCUT2D eigenvalue weighted by atomic mass is 79.9. The fourth-order valence-corrected chi connectivity index (χ4v) is 2.61. The molecule has 1 heterocycles. The third-order valence-electron chi connectivity index (χ3n) is 3.41. The molecule has 0 radical (unpaired) electrons. The maximum atomic E-state index is 12.0. The van der Waals surface area contributed by atoms with E-state index >= 15 is 0 Å². The minimum absolute atomic E-state index is 0.0791. The van der Waals surface area contributed by atoms with E-state index in [0.29, 0.717) is 23.3 Å². The summed E-state index contributed by atoms with van der Waals surface area (Å²) in [6, 6.07) is 11.3. The standard InChI is InChI=1S/C17H12BrClO3/c1-10-15(21-8-11-2-4-12(18)5-3-11)7-6-13-16(20)14(19)9-22-17(10)13/h2-7,9H,8H2,1H3. The molecule has 0 spiro atoms. The highest BCUT2D eigenvalue weighted by molar-refractivity contribution is 9.10. The van der Waals surface area contributed by atoms with Crippen LogP contribution in [0.4, 0.5) is 0 Å². The SMILES string of the molecule is Cc1c(OCc2ccc(Br)cc2)ccc2c(=O)c(Cl)coc12. The highest BCUT2D eigenvalue weighted by Gasteiger charge is 2.11. The summed E-state index contributed by atoms with van der Waals surface area (Å²) in [6.07, 6.45) is 1.26. The van der Waals surface area contributed by atoms with Crippen molar-refractivity contribution in [3.05, 3.63) is 73.5 Å². The van der Waals surface area contributed by atoms with Crippen LogP contribution in [0.5, 0.6) is 5.75 Å². The summed E-state index contributed by atoms with van der Waals surface area (Å²) < 4.78 is 12.3. The lowest BCUT2D eigenvalue weighted by Gasteiger charge is -2.10. The van der Waals surface area contributed by atoms with E-state index in [0.717, 1.165) is 15.6 Å². The van der Waals surface area contributed by atoms with Gasteiger partial charge in [0.2, 0.25) is 5.43 Å². The molecule has 0 amide bonds. The molecule has 0 atom stereocenters. The lowest BCUT2D eigenvalue weighted by Crippen LogP contribution is -2.03. The van der Waals surface area contributed by atoms with Crippen LogP contribution in [0.1, 0.15) is 11.1 Å². The Morgan fingerprint density at radius 2 is 1.91 bits per heavy atom. The third-order valence-corrected chi connectivity index (χ3v) is 4.19. The van der Waals surface area contributed by atoms with Gasteiger partial charge in [-0.25, -0.2) is 0 Å². The fraction of sp³-hybridized carbons (Fsp3) is 0.118. The van der Waals surface area contributed by atoms with Gasteiger partial charge in [-0.2, -0.15) is 0 Å². The van der Waals surface area contributed by atoms with Crippen LogP contribution in [0.3, 0.4) is 0 Å². The molecule has 0 bridgehead atoms. The summed E-state index contributed by atoms with van der Waals surface area (Å²) in [6.45, 7) is 2.30. The second-order valence-electron chi connectivity index (χ2n) is 4.89. The molecule has 1 aromatic heterocycles. The number of rotatable bonds is 3. The monoisotopic (exact) mass is 378 g/mol. The fourth-order valence-electron chi connectivity index (χ4n) is 2.20. The molecule has 2 aromatic carbocycles. The Kier molecular flexibility index (Phi) is 4.23. The van der Waals surface area contributed by atoms with Crippen LogP contribution in [-0.2, 0) is 6.61 Å². The van der Waals surface area contributed by atoms with Gasteiger partial charge in [-0.15, -0.1) is 0 Å². The predicted octanol–water partition coefficient (Wildman–Crippen LogP) is 5.10. The topological polar surface area (TPSA) is 39.4 Å². The minimum Gasteiger partial charge on any atom is -0.488 e. The van der Waals surface area contributed by atoms with E-state index in [2.05, 4.69) is 15.9 Å². The van der Waals surface area contributed by atoms with Crippen molar-refractivity contribution in [2.45, 2.75) is 13.5 Å². The van der Waals surface area contributed by atoms with Crippen molar-refractivity contribution in [2.75, 3.05) is 0 Å². The molecule has 0 aliphatic carbocycles. The first kappa shape index (κ1) is 15.1. The molecule has 0 N–H and O–H groups in total. The summed E-state index contributed by atoms with van der Waals surface area (Å²) in [5, 5.41) is 0.538. The molecule has 22 heavy (non-hydrogen) atoms. The van der Waals surface area contributed by atoms with Crippen LogP contribution < -0.4 is 10.2 Å². The zero-order valence-corrected chi connectivity index (χ0v) is 14.1. The molecular weight excluding hydrogens is 368 g/mol. The van der Waals surface area contributed by atoms with Crippen molar-refractivity contribution in [3.8, 4) is 5.75 Å². The molecule has 112 valence electrons. The predicted molar refractivity (Wildman–Crippen MR) is 90.7 cm³/mol. The van der Waals surface area contributed by atoms with E-state index < -0.39 is 0 Å². The van der Waals surface area contributed by atoms with Crippen molar-refractivity contribution in [3.63, 3.8) is 0 Å². The van der Waals surface area contributed by atoms with E-state index in [9.17, 15) is 4.79 Å². The van der Waals surface area contributed by atoms with Crippen LogP contribution >= 0.6 is 27.5 Å². The smallest absolute Gasteiger partial charge is 0.211 e. The van der Waals surface area contributed by atoms with E-state index in [1.165, 1.54) is 6.26 Å². The molecule has 0 fully saturated rings. The second kappa shape index (κ2) is 6.15. The Hall–Kier alpha value is -1.78. The number of fused-ring (bicyclic) bond motifs is 1. The lowest BCUT2D eigenvalue weighted by atomic mass is 10.1. The normalized spacial score (nSPS) is 10.9. The average Bonchev–Trinajstić information content (AvgIpc) is 2.52. The van der Waals surface area contributed by atoms with Gasteiger partial charge in [0.25, 0.3) is 0 Å². The van der Waals surface area contributed by atoms with Gasteiger partial charge in [-0.05, 0) is 36.8 Å². The molecule has 3 rings (SSSR count). The van der Waals surface area contributed by atoms with Crippen molar-refractivity contribution in [1.82, 2.24) is 0 Å². The van der Waals surface area contributed by atoms with Gasteiger partial charge < -0.3 is 9.15 Å². The average molecular weight is 380 g/mol. The summed E-state index contributed by atoms with van der Waals surface area (Å²) in [4.78, 5) is 12.0. The first-order valence-corrected chi connectivity index (χ1v) is 7.81. The minimum atomic E-state index is -0.231. The van der Waals surface area contributed by atoms with Gasteiger partial charge in [-0.3, -0.25) is 4.79 Å². The summed E-state index contributed by atoms with van der Waals surface area (Å²) in [5.41, 5.74) is 2.11. The maximum Gasteiger partial charge on any atom is 0.211 e. The molecular formula is C17H12BrClO3. The molecule has 0 aliphatic heterocycles. The molecule has 3 nitrogen and oxygen atoms in total. The zero-order valence-electron chi connectivity index (χ0n) is 11.7. The maximum absolute atomic E-state index is 12.0. The number of hydrogen-bond acceptors (Lipinski definition) is 3. The number of benzene rings is 2. The largest absolute Gasteiger partial charge is 0.488 e. The first-order chi connectivity index (χ1) is 10.6. The quantitative estimate of drug-likeness (QED) is 0.636. The van der Waals surface area contributed by atoms with Crippen LogP contribution in [0.25, 0.3) is 11.0 Å². The van der Waals surface area contributed by atoms with Crippen molar-refractivity contribution >= 4 is 38.5 Å². The molecule has 5 heteroatoms. The highest BCUT2D eigenvalue weighted by Crippen LogP contribution is 2.27. The van der Waals surface area contributed by atoms with Gasteiger partial charge in [0, 0.05) is 10.0 Å². The third kappa shape index (κ3) is 2.89. The van der Waals surface area contributed by atoms with E-state index in [-0.39, 0.29) is 10.5 Å². The van der Waals surface area contributed by atoms with Gasteiger partial charge >= 0.3 is 0 Å². The molecule has 0 aliphatic rings. The summed E-state index contributed by atoms with van der Waals surface area (Å²) >= 11 is 9.19. The summed E-state index contributed by atoms with van der Waals surface area (Å²) in [5.74, 6) is 0.681.